The van der Waals surface area contributed by atoms with E-state index in [0.717, 1.165) is 30.9 Å². The summed E-state index contributed by atoms with van der Waals surface area (Å²) in [6, 6.07) is 7.50. The van der Waals surface area contributed by atoms with Crippen LogP contribution in [0.15, 0.2) is 24.3 Å². The van der Waals surface area contributed by atoms with Gasteiger partial charge >= 0.3 is 0 Å². The molecule has 0 bridgehead atoms. The van der Waals surface area contributed by atoms with E-state index in [4.69, 9.17) is 4.74 Å². The van der Waals surface area contributed by atoms with Gasteiger partial charge in [-0.2, -0.15) is 0 Å². The summed E-state index contributed by atoms with van der Waals surface area (Å²) in [7, 11) is 0. The molecular formula is C18H29N3O3. The summed E-state index contributed by atoms with van der Waals surface area (Å²) in [5, 5.41) is 15.3. The number of nitrogens with zero attached hydrogens (tertiary/aromatic N) is 1. The van der Waals surface area contributed by atoms with Gasteiger partial charge in [0.2, 0.25) is 5.91 Å². The number of carbonyl (C=O) groups is 1. The van der Waals surface area contributed by atoms with Crippen LogP contribution in [0.3, 0.4) is 0 Å². The van der Waals surface area contributed by atoms with E-state index < -0.39 is 6.10 Å². The number of rotatable bonds is 9. The highest BCUT2D eigenvalue weighted by Gasteiger charge is 2.27. The molecule has 2 unspecified atom stereocenters. The maximum absolute atomic E-state index is 12.0. The van der Waals surface area contributed by atoms with Crippen LogP contribution < -0.4 is 15.4 Å². The van der Waals surface area contributed by atoms with E-state index in [0.29, 0.717) is 26.1 Å². The monoisotopic (exact) mass is 335 g/mol. The smallest absolute Gasteiger partial charge is 0.237 e. The molecule has 1 heterocycles. The van der Waals surface area contributed by atoms with Crippen molar-refractivity contribution < 1.29 is 14.6 Å². The maximum atomic E-state index is 12.0. The summed E-state index contributed by atoms with van der Waals surface area (Å²) in [6.45, 7) is 8.92. The molecule has 0 aliphatic carbocycles. The lowest BCUT2D eigenvalue weighted by atomic mass is 10.1. The lowest BCUT2D eigenvalue weighted by Gasteiger charge is -2.18. The van der Waals surface area contributed by atoms with E-state index in [1.54, 1.807) is 0 Å². The molecule has 134 valence electrons. The molecule has 24 heavy (non-hydrogen) atoms. The number of aliphatic hydroxyl groups excluding tert-OH is 1. The van der Waals surface area contributed by atoms with Crippen LogP contribution in [0.1, 0.15) is 25.8 Å². The van der Waals surface area contributed by atoms with Crippen molar-refractivity contribution in [3.05, 3.63) is 29.8 Å². The first-order chi connectivity index (χ1) is 11.6. The van der Waals surface area contributed by atoms with Crippen LogP contribution in [0.5, 0.6) is 5.75 Å². The molecular weight excluding hydrogens is 306 g/mol. The van der Waals surface area contributed by atoms with Gasteiger partial charge < -0.3 is 25.4 Å². The minimum Gasteiger partial charge on any atom is -0.492 e. The molecule has 1 aromatic rings. The van der Waals surface area contributed by atoms with Crippen molar-refractivity contribution >= 4 is 5.91 Å². The highest BCUT2D eigenvalue weighted by atomic mass is 16.5. The normalized spacial score (nSPS) is 20.3. The predicted molar refractivity (Wildman–Crippen MR) is 94.0 cm³/mol. The zero-order valence-corrected chi connectivity index (χ0v) is 14.6. The van der Waals surface area contributed by atoms with Crippen LogP contribution >= 0.6 is 0 Å². The van der Waals surface area contributed by atoms with Gasteiger partial charge in [0.25, 0.3) is 0 Å². The number of β-amino-alcohol motifs (C(OH)–C–C–N with tert-alkyl or cyclic N) is 1. The van der Waals surface area contributed by atoms with Gasteiger partial charge in [-0.15, -0.1) is 0 Å². The van der Waals surface area contributed by atoms with Gasteiger partial charge in [-0.05, 0) is 37.2 Å². The van der Waals surface area contributed by atoms with Crippen LogP contribution in [0, 0.1) is 0 Å². The SMILES string of the molecule is CCN(CC)CCOc1ccc(CNC(=O)C2CC(O)CN2)cc1. The van der Waals surface area contributed by atoms with Gasteiger partial charge in [-0.25, -0.2) is 0 Å². The Balaban J connectivity index is 1.70. The number of ether oxygens (including phenoxy) is 1. The van der Waals surface area contributed by atoms with Crippen molar-refractivity contribution in [3.8, 4) is 5.75 Å². The summed E-state index contributed by atoms with van der Waals surface area (Å²) in [4.78, 5) is 14.3. The highest BCUT2D eigenvalue weighted by molar-refractivity contribution is 5.82. The molecule has 1 aliphatic rings. The van der Waals surface area contributed by atoms with Crippen molar-refractivity contribution in [2.45, 2.75) is 39.0 Å². The van der Waals surface area contributed by atoms with Crippen LogP contribution in [-0.2, 0) is 11.3 Å². The lowest BCUT2D eigenvalue weighted by molar-refractivity contribution is -0.123. The summed E-state index contributed by atoms with van der Waals surface area (Å²) in [5.41, 5.74) is 1.03. The fourth-order valence-corrected chi connectivity index (χ4v) is 2.77. The molecule has 2 atom stereocenters. The van der Waals surface area contributed by atoms with Crippen LogP contribution in [-0.4, -0.2) is 60.8 Å². The standard InChI is InChI=1S/C18H29N3O3/c1-3-21(4-2)9-10-24-16-7-5-14(6-8-16)12-20-18(23)17-11-15(22)13-19-17/h5-8,15,17,19,22H,3-4,9-13H2,1-2H3,(H,20,23). The Bertz CT molecular complexity index is 503. The molecule has 1 aromatic carbocycles. The average molecular weight is 335 g/mol. The van der Waals surface area contributed by atoms with Crippen LogP contribution in [0.4, 0.5) is 0 Å². The quantitative estimate of drug-likeness (QED) is 0.621. The number of carbonyl (C=O) groups excluding carboxylic acids is 1. The van der Waals surface area contributed by atoms with E-state index in [1.165, 1.54) is 0 Å². The second-order valence-electron chi connectivity index (χ2n) is 6.09. The molecule has 0 saturated carbocycles. The number of benzene rings is 1. The van der Waals surface area contributed by atoms with Crippen molar-refractivity contribution in [3.63, 3.8) is 0 Å². The van der Waals surface area contributed by atoms with Crippen LogP contribution in [0.2, 0.25) is 0 Å². The van der Waals surface area contributed by atoms with Crippen molar-refractivity contribution in [1.29, 1.82) is 0 Å². The maximum Gasteiger partial charge on any atom is 0.237 e. The van der Waals surface area contributed by atoms with E-state index in [1.807, 2.05) is 24.3 Å². The molecule has 1 amide bonds. The molecule has 6 heteroatoms. The minimum absolute atomic E-state index is 0.0638. The average Bonchev–Trinajstić information content (AvgIpc) is 3.04. The molecule has 0 radical (unpaired) electrons. The largest absolute Gasteiger partial charge is 0.492 e. The van der Waals surface area contributed by atoms with E-state index in [9.17, 15) is 9.90 Å². The number of hydrogen-bond acceptors (Lipinski definition) is 5. The zero-order chi connectivity index (χ0) is 17.4. The van der Waals surface area contributed by atoms with Gasteiger partial charge in [-0.1, -0.05) is 26.0 Å². The lowest BCUT2D eigenvalue weighted by Crippen LogP contribution is -2.39. The summed E-state index contributed by atoms with van der Waals surface area (Å²) in [5.74, 6) is 0.781. The molecule has 1 fully saturated rings. The number of hydrogen-bond donors (Lipinski definition) is 3. The highest BCUT2D eigenvalue weighted by Crippen LogP contribution is 2.12. The topological polar surface area (TPSA) is 73.8 Å². The Morgan fingerprint density at radius 1 is 1.33 bits per heavy atom. The summed E-state index contributed by atoms with van der Waals surface area (Å²) in [6.07, 6.45) is 0.0547. The second kappa shape index (κ2) is 9.61. The Hall–Kier alpha value is -1.63. The molecule has 0 spiro atoms. The first-order valence-corrected chi connectivity index (χ1v) is 8.75. The van der Waals surface area contributed by atoms with E-state index >= 15 is 0 Å². The Labute approximate surface area is 144 Å². The molecule has 0 aromatic heterocycles. The first-order valence-electron chi connectivity index (χ1n) is 8.75. The third-order valence-corrected chi connectivity index (χ3v) is 4.38. The summed E-state index contributed by atoms with van der Waals surface area (Å²) >= 11 is 0. The van der Waals surface area contributed by atoms with Gasteiger partial charge in [-0.3, -0.25) is 4.79 Å². The summed E-state index contributed by atoms with van der Waals surface area (Å²) < 4.78 is 5.75. The van der Waals surface area contributed by atoms with Gasteiger partial charge in [0.1, 0.15) is 12.4 Å². The number of aliphatic hydroxyl groups is 1. The van der Waals surface area contributed by atoms with E-state index in [-0.39, 0.29) is 11.9 Å². The Morgan fingerprint density at radius 2 is 2.04 bits per heavy atom. The van der Waals surface area contributed by atoms with Gasteiger partial charge in [0, 0.05) is 19.6 Å². The third-order valence-electron chi connectivity index (χ3n) is 4.38. The van der Waals surface area contributed by atoms with Crippen molar-refractivity contribution in [1.82, 2.24) is 15.5 Å². The fraction of sp³-hybridized carbons (Fsp3) is 0.611. The molecule has 2 rings (SSSR count). The number of amides is 1. The predicted octanol–water partition coefficient (Wildman–Crippen LogP) is 0.746. The van der Waals surface area contributed by atoms with Crippen molar-refractivity contribution in [2.75, 3.05) is 32.8 Å². The molecule has 3 N–H and O–H groups in total. The molecule has 1 aliphatic heterocycles. The van der Waals surface area contributed by atoms with Gasteiger partial charge in [0.05, 0.1) is 12.1 Å². The molecule has 1 saturated heterocycles. The number of likely N-dealkylation sites (N-methyl/N-ethyl adjacent to an activating group) is 1. The van der Waals surface area contributed by atoms with E-state index in [2.05, 4.69) is 29.4 Å². The second-order valence-corrected chi connectivity index (χ2v) is 6.09. The number of nitrogens with one attached hydrogen (secondary N) is 2. The Kier molecular flexibility index (Phi) is 7.49. The zero-order valence-electron chi connectivity index (χ0n) is 14.6. The minimum atomic E-state index is -0.423. The van der Waals surface area contributed by atoms with Crippen LogP contribution in [0.25, 0.3) is 0 Å². The first kappa shape index (κ1) is 18.7. The fourth-order valence-electron chi connectivity index (χ4n) is 2.77. The van der Waals surface area contributed by atoms with Gasteiger partial charge in [0.15, 0.2) is 0 Å². The van der Waals surface area contributed by atoms with Crippen molar-refractivity contribution in [2.24, 2.45) is 0 Å². The third kappa shape index (κ3) is 5.78. The molecule has 6 nitrogen and oxygen atoms in total. The Morgan fingerprint density at radius 3 is 2.62 bits per heavy atom.